The summed E-state index contributed by atoms with van der Waals surface area (Å²) >= 11 is 0.139. The van der Waals surface area contributed by atoms with Crippen LogP contribution < -0.4 is 0 Å². The van der Waals surface area contributed by atoms with Crippen molar-refractivity contribution in [1.82, 2.24) is 4.98 Å². The van der Waals surface area contributed by atoms with Crippen molar-refractivity contribution in [3.05, 3.63) is 36.0 Å². The molecule has 0 amide bonds. The van der Waals surface area contributed by atoms with Crippen LogP contribution in [0.2, 0.25) is 0 Å². The molecular formula is C9H11NO2S+. The SMILES string of the molecule is C[C](C)C(O)([S+]=O)c1ccccn1. The topological polar surface area (TPSA) is 50.2 Å². The van der Waals surface area contributed by atoms with E-state index in [0.717, 1.165) is 0 Å². The van der Waals surface area contributed by atoms with Crippen LogP contribution in [-0.4, -0.2) is 10.1 Å². The van der Waals surface area contributed by atoms with Crippen LogP contribution in [0.15, 0.2) is 24.4 Å². The Hall–Kier alpha value is -0.870. The second-order valence-corrected chi connectivity index (χ2v) is 3.70. The highest BCUT2D eigenvalue weighted by atomic mass is 32.1. The molecule has 1 rings (SSSR count). The van der Waals surface area contributed by atoms with Crippen LogP contribution in [0.5, 0.6) is 0 Å². The molecule has 0 saturated carbocycles. The van der Waals surface area contributed by atoms with Gasteiger partial charge in [0.1, 0.15) is 5.69 Å². The molecule has 0 aliphatic rings. The molecule has 0 fully saturated rings. The Bertz CT molecular complexity index is 289. The second kappa shape index (κ2) is 3.89. The Morgan fingerprint density at radius 2 is 2.23 bits per heavy atom. The highest BCUT2D eigenvalue weighted by molar-refractivity contribution is 7.66. The van der Waals surface area contributed by atoms with E-state index in [4.69, 9.17) is 0 Å². The molecule has 69 valence electrons. The summed E-state index contributed by atoms with van der Waals surface area (Å²) in [4.78, 5) is 2.45. The van der Waals surface area contributed by atoms with Gasteiger partial charge in [-0.25, -0.2) is 0 Å². The van der Waals surface area contributed by atoms with Gasteiger partial charge in [0, 0.05) is 10.4 Å². The molecule has 1 N–H and O–H groups in total. The molecule has 4 heteroatoms. The van der Waals surface area contributed by atoms with Crippen LogP contribution in [0, 0.1) is 5.92 Å². The quantitative estimate of drug-likeness (QED) is 0.586. The van der Waals surface area contributed by atoms with Gasteiger partial charge in [-0.1, -0.05) is 19.9 Å². The van der Waals surface area contributed by atoms with E-state index in [-0.39, 0.29) is 11.7 Å². The Balaban J connectivity index is 3.10. The van der Waals surface area contributed by atoms with Gasteiger partial charge in [0.2, 0.25) is 0 Å². The molecule has 0 saturated heterocycles. The lowest BCUT2D eigenvalue weighted by atomic mass is 10.0. The lowest BCUT2D eigenvalue weighted by molar-refractivity contribution is 0.144. The van der Waals surface area contributed by atoms with Gasteiger partial charge in [-0.2, -0.15) is 0 Å². The fourth-order valence-corrected chi connectivity index (χ4v) is 1.32. The van der Waals surface area contributed by atoms with Crippen molar-refractivity contribution in [1.29, 1.82) is 0 Å². The van der Waals surface area contributed by atoms with E-state index in [9.17, 15) is 9.32 Å². The average Bonchev–Trinajstić information content (AvgIpc) is 2.17. The Kier molecular flexibility index (Phi) is 3.06. The predicted molar refractivity (Wildman–Crippen MR) is 50.8 cm³/mol. The van der Waals surface area contributed by atoms with E-state index >= 15 is 0 Å². The molecule has 1 radical (unpaired) electrons. The molecule has 1 aromatic heterocycles. The van der Waals surface area contributed by atoms with Crippen molar-refractivity contribution in [2.24, 2.45) is 0 Å². The van der Waals surface area contributed by atoms with Crippen molar-refractivity contribution in [3.8, 4) is 0 Å². The molecule has 1 heterocycles. The first-order valence-corrected chi connectivity index (χ1v) is 4.61. The van der Waals surface area contributed by atoms with Crippen LogP contribution in [-0.2, 0) is 20.8 Å². The number of aliphatic hydroxyl groups is 1. The summed E-state index contributed by atoms with van der Waals surface area (Å²) in [5.41, 5.74) is 0.384. The Morgan fingerprint density at radius 3 is 2.62 bits per heavy atom. The van der Waals surface area contributed by atoms with Gasteiger partial charge in [0.15, 0.2) is 0 Å². The summed E-state index contributed by atoms with van der Waals surface area (Å²) in [6.45, 7) is 3.42. The van der Waals surface area contributed by atoms with E-state index in [1.165, 1.54) is 0 Å². The molecule has 1 unspecified atom stereocenters. The lowest BCUT2D eigenvalue weighted by Gasteiger charge is -2.12. The van der Waals surface area contributed by atoms with Gasteiger partial charge < -0.3 is 5.11 Å². The molecule has 1 aromatic rings. The summed E-state index contributed by atoms with van der Waals surface area (Å²) in [7, 11) is 0. The first-order chi connectivity index (χ1) is 6.11. The first-order valence-electron chi connectivity index (χ1n) is 3.86. The van der Waals surface area contributed by atoms with Crippen LogP contribution in [0.25, 0.3) is 0 Å². The van der Waals surface area contributed by atoms with E-state index in [1.807, 2.05) is 0 Å². The van der Waals surface area contributed by atoms with Gasteiger partial charge in [-0.3, -0.25) is 4.98 Å². The third-order valence-corrected chi connectivity index (χ3v) is 2.67. The van der Waals surface area contributed by atoms with Crippen LogP contribution >= 0.6 is 0 Å². The number of aromatic nitrogens is 1. The summed E-state index contributed by atoms with van der Waals surface area (Å²) < 4.78 is 10.8. The van der Waals surface area contributed by atoms with Crippen LogP contribution in [0.3, 0.4) is 0 Å². The van der Waals surface area contributed by atoms with Crippen molar-refractivity contribution in [3.63, 3.8) is 0 Å². The van der Waals surface area contributed by atoms with Crippen molar-refractivity contribution >= 4 is 11.7 Å². The zero-order chi connectivity index (χ0) is 9.90. The fourth-order valence-electron chi connectivity index (χ4n) is 0.945. The molecule has 0 bridgehead atoms. The van der Waals surface area contributed by atoms with E-state index in [0.29, 0.717) is 11.6 Å². The molecule has 13 heavy (non-hydrogen) atoms. The highest BCUT2D eigenvalue weighted by Gasteiger charge is 2.49. The zero-order valence-electron chi connectivity index (χ0n) is 7.52. The zero-order valence-corrected chi connectivity index (χ0v) is 8.34. The molecule has 1 atom stereocenters. The standard InChI is InChI=1S/C9H11NO2S/c1-7(2)9(11,13-12)8-5-3-4-6-10-8/h3-6,11H,1-2H3/q+1. The van der Waals surface area contributed by atoms with Crippen molar-refractivity contribution in [2.45, 2.75) is 18.8 Å². The second-order valence-electron chi connectivity index (χ2n) is 2.94. The molecular weight excluding hydrogens is 186 g/mol. The number of hydrogen-bond acceptors (Lipinski definition) is 3. The maximum atomic E-state index is 10.8. The van der Waals surface area contributed by atoms with E-state index in [2.05, 4.69) is 4.98 Å². The lowest BCUT2D eigenvalue weighted by Crippen LogP contribution is -2.30. The molecule has 0 aliphatic carbocycles. The van der Waals surface area contributed by atoms with E-state index in [1.54, 1.807) is 38.2 Å². The van der Waals surface area contributed by atoms with Gasteiger partial charge in [0.25, 0.3) is 0 Å². The summed E-state index contributed by atoms with van der Waals surface area (Å²) in [6, 6.07) is 5.12. The summed E-state index contributed by atoms with van der Waals surface area (Å²) in [5.74, 6) is 0.631. The largest absolute Gasteiger partial charge is 0.504 e. The number of pyridine rings is 1. The monoisotopic (exact) mass is 197 g/mol. The summed E-state index contributed by atoms with van der Waals surface area (Å²) in [5, 5.41) is 9.92. The summed E-state index contributed by atoms with van der Waals surface area (Å²) in [6.07, 6.45) is 1.56. The number of nitrogens with zero attached hydrogens (tertiary/aromatic N) is 1. The van der Waals surface area contributed by atoms with Crippen LogP contribution in [0.4, 0.5) is 0 Å². The minimum absolute atomic E-state index is 0.139. The highest BCUT2D eigenvalue weighted by Crippen LogP contribution is 2.28. The third-order valence-electron chi connectivity index (χ3n) is 1.81. The van der Waals surface area contributed by atoms with Gasteiger partial charge in [-0.05, 0) is 12.1 Å². The molecule has 0 spiro atoms. The molecule has 0 aliphatic heterocycles. The molecule has 3 nitrogen and oxygen atoms in total. The molecule has 0 aromatic carbocycles. The van der Waals surface area contributed by atoms with Crippen LogP contribution in [0.1, 0.15) is 19.5 Å². The number of hydrogen-bond donors (Lipinski definition) is 1. The predicted octanol–water partition coefficient (Wildman–Crippen LogP) is 1.27. The minimum atomic E-state index is -1.50. The third kappa shape index (κ3) is 1.89. The first kappa shape index (κ1) is 10.2. The number of rotatable bonds is 3. The van der Waals surface area contributed by atoms with Gasteiger partial charge in [0.05, 0.1) is 5.92 Å². The smallest absolute Gasteiger partial charge is 0.331 e. The van der Waals surface area contributed by atoms with Gasteiger partial charge >= 0.3 is 16.6 Å². The average molecular weight is 197 g/mol. The Labute approximate surface area is 81.3 Å². The van der Waals surface area contributed by atoms with E-state index < -0.39 is 4.93 Å². The van der Waals surface area contributed by atoms with Crippen molar-refractivity contribution < 1.29 is 9.32 Å². The Morgan fingerprint density at radius 1 is 1.54 bits per heavy atom. The minimum Gasteiger partial charge on any atom is -0.331 e. The van der Waals surface area contributed by atoms with Gasteiger partial charge in [-0.15, -0.1) is 0 Å². The normalized spacial score (nSPS) is 15.4. The fraction of sp³-hybridized carbons (Fsp3) is 0.333. The maximum absolute atomic E-state index is 10.8. The van der Waals surface area contributed by atoms with Crippen molar-refractivity contribution in [2.75, 3.05) is 0 Å². The maximum Gasteiger partial charge on any atom is 0.504 e.